The maximum Gasteiger partial charge on any atom is 0.167 e. The normalized spacial score (nSPS) is 9.39. The molecule has 0 aliphatic carbocycles. The number of rotatable bonds is 5. The fourth-order valence-electron chi connectivity index (χ4n) is 1.63. The molecule has 1 rings (SSSR count). The van der Waals surface area contributed by atoms with Crippen LogP contribution in [0.4, 0.5) is 5.69 Å². The van der Waals surface area contributed by atoms with Crippen LogP contribution < -0.4 is 10.1 Å². The van der Waals surface area contributed by atoms with Gasteiger partial charge in [-0.15, -0.1) is 24.8 Å². The van der Waals surface area contributed by atoms with Crippen LogP contribution in [0.25, 0.3) is 0 Å². The molecule has 0 aromatic heterocycles. The van der Waals surface area contributed by atoms with Gasteiger partial charge in [-0.2, -0.15) is 0 Å². The summed E-state index contributed by atoms with van der Waals surface area (Å²) in [5.74, 6) is 0.765. The van der Waals surface area contributed by atoms with Gasteiger partial charge in [-0.1, -0.05) is 0 Å². The first kappa shape index (κ1) is 19.5. The van der Waals surface area contributed by atoms with Crippen LogP contribution in [0.2, 0.25) is 0 Å². The smallest absolute Gasteiger partial charge is 0.167 e. The van der Waals surface area contributed by atoms with Crippen molar-refractivity contribution in [2.45, 2.75) is 13.5 Å². The van der Waals surface area contributed by atoms with Gasteiger partial charge < -0.3 is 20.1 Å². The van der Waals surface area contributed by atoms with Gasteiger partial charge in [0, 0.05) is 24.8 Å². The van der Waals surface area contributed by atoms with Crippen molar-refractivity contribution in [3.8, 4) is 11.5 Å². The van der Waals surface area contributed by atoms with Crippen LogP contribution >= 0.6 is 24.8 Å². The fourth-order valence-corrected chi connectivity index (χ4v) is 1.63. The van der Waals surface area contributed by atoms with E-state index in [1.54, 1.807) is 6.07 Å². The molecule has 1 aromatic carbocycles. The van der Waals surface area contributed by atoms with Gasteiger partial charge in [0.1, 0.15) is 0 Å². The maximum absolute atomic E-state index is 9.78. The Morgan fingerprint density at radius 3 is 2.33 bits per heavy atom. The zero-order valence-corrected chi connectivity index (χ0v) is 12.8. The number of aromatic hydroxyl groups is 1. The number of anilines is 1. The van der Waals surface area contributed by atoms with Gasteiger partial charge in [-0.05, 0) is 33.2 Å². The van der Waals surface area contributed by atoms with Crippen molar-refractivity contribution in [1.82, 2.24) is 4.90 Å². The monoisotopic (exact) mass is 296 g/mol. The Morgan fingerprint density at radius 2 is 1.89 bits per heavy atom. The van der Waals surface area contributed by atoms with Gasteiger partial charge >= 0.3 is 0 Å². The third-order valence-corrected chi connectivity index (χ3v) is 2.27. The number of ether oxygens (including phenoxy) is 1. The average molecular weight is 297 g/mol. The average Bonchev–Trinajstić information content (AvgIpc) is 2.23. The Morgan fingerprint density at radius 1 is 1.28 bits per heavy atom. The molecule has 0 radical (unpaired) electrons. The number of nitrogens with zero attached hydrogens (tertiary/aromatic N) is 1. The number of benzene rings is 1. The van der Waals surface area contributed by atoms with E-state index in [0.717, 1.165) is 17.8 Å². The molecule has 1 aromatic rings. The molecule has 0 bridgehead atoms. The predicted molar refractivity (Wildman–Crippen MR) is 80.7 cm³/mol. The first-order valence-electron chi connectivity index (χ1n) is 5.40. The largest absolute Gasteiger partial charge is 0.504 e. The van der Waals surface area contributed by atoms with Gasteiger partial charge in [-0.25, -0.2) is 0 Å². The summed E-state index contributed by atoms with van der Waals surface area (Å²) in [5, 5.41) is 12.9. The fraction of sp³-hybridized carbons (Fsp3) is 0.500. The van der Waals surface area contributed by atoms with Crippen molar-refractivity contribution in [2.24, 2.45) is 0 Å². The lowest BCUT2D eigenvalue weighted by Crippen LogP contribution is -2.13. The number of hydrogen-bond acceptors (Lipinski definition) is 4. The Labute approximate surface area is 121 Å². The highest BCUT2D eigenvalue weighted by Crippen LogP contribution is 2.36. The van der Waals surface area contributed by atoms with Gasteiger partial charge in [0.05, 0.1) is 6.61 Å². The lowest BCUT2D eigenvalue weighted by Gasteiger charge is -2.19. The summed E-state index contributed by atoms with van der Waals surface area (Å²) in [6.45, 7) is 3.17. The second kappa shape index (κ2) is 9.14. The van der Waals surface area contributed by atoms with Crippen LogP contribution in [-0.4, -0.2) is 37.8 Å². The van der Waals surface area contributed by atoms with E-state index in [0.29, 0.717) is 12.4 Å². The quantitative estimate of drug-likeness (QED) is 0.820. The molecule has 0 aliphatic heterocycles. The zero-order valence-electron chi connectivity index (χ0n) is 11.2. The van der Waals surface area contributed by atoms with Crippen LogP contribution in [0.1, 0.15) is 12.5 Å². The highest BCUT2D eigenvalue weighted by molar-refractivity contribution is 5.85. The van der Waals surface area contributed by atoms with Crippen molar-refractivity contribution in [1.29, 1.82) is 0 Å². The van der Waals surface area contributed by atoms with Gasteiger partial charge in [-0.3, -0.25) is 0 Å². The second-order valence-electron chi connectivity index (χ2n) is 3.86. The molecule has 6 heteroatoms. The third-order valence-electron chi connectivity index (χ3n) is 2.27. The van der Waals surface area contributed by atoms with E-state index >= 15 is 0 Å². The first-order valence-corrected chi connectivity index (χ1v) is 5.40. The minimum absolute atomic E-state index is 0. The molecule has 0 saturated carbocycles. The molecular formula is C12H22Cl2N2O2. The van der Waals surface area contributed by atoms with Gasteiger partial charge in [0.25, 0.3) is 0 Å². The summed E-state index contributed by atoms with van der Waals surface area (Å²) >= 11 is 0. The van der Waals surface area contributed by atoms with E-state index in [4.69, 9.17) is 4.74 Å². The maximum atomic E-state index is 9.78. The molecule has 0 unspecified atom stereocenters. The Balaban J connectivity index is 0. The van der Waals surface area contributed by atoms with E-state index in [-0.39, 0.29) is 30.6 Å². The Hall–Kier alpha value is -0.840. The predicted octanol–water partition coefficient (Wildman–Crippen LogP) is 2.74. The molecule has 106 valence electrons. The third kappa shape index (κ3) is 4.80. The molecule has 0 aliphatic rings. The van der Waals surface area contributed by atoms with Crippen molar-refractivity contribution in [3.05, 3.63) is 17.7 Å². The summed E-state index contributed by atoms with van der Waals surface area (Å²) in [7, 11) is 5.83. The van der Waals surface area contributed by atoms with Crippen LogP contribution in [0, 0.1) is 0 Å². The molecule has 0 heterocycles. The van der Waals surface area contributed by atoms with E-state index in [2.05, 4.69) is 5.32 Å². The van der Waals surface area contributed by atoms with Gasteiger partial charge in [0.2, 0.25) is 0 Å². The number of phenols is 1. The molecule has 0 saturated heterocycles. The standard InChI is InChI=1S/C12H20N2O2.2ClH/c1-5-16-12-9(8-14(3)4)10(13-2)6-7-11(12)15;;/h6-7,13,15H,5,8H2,1-4H3;2*1H. The summed E-state index contributed by atoms with van der Waals surface area (Å²) < 4.78 is 5.49. The van der Waals surface area contributed by atoms with E-state index < -0.39 is 0 Å². The lowest BCUT2D eigenvalue weighted by molar-refractivity contribution is 0.306. The molecule has 4 nitrogen and oxygen atoms in total. The van der Waals surface area contributed by atoms with Crippen molar-refractivity contribution < 1.29 is 9.84 Å². The SMILES string of the molecule is CCOc1c(O)ccc(NC)c1CN(C)C.Cl.Cl. The summed E-state index contributed by atoms with van der Waals surface area (Å²) in [6, 6.07) is 3.51. The second-order valence-corrected chi connectivity index (χ2v) is 3.86. The van der Waals surface area contributed by atoms with Crippen molar-refractivity contribution in [3.63, 3.8) is 0 Å². The van der Waals surface area contributed by atoms with Crippen LogP contribution in [0.15, 0.2) is 12.1 Å². The first-order chi connectivity index (χ1) is 7.60. The van der Waals surface area contributed by atoms with Crippen molar-refractivity contribution >= 4 is 30.5 Å². The minimum Gasteiger partial charge on any atom is -0.504 e. The highest BCUT2D eigenvalue weighted by atomic mass is 35.5. The molecule has 0 atom stereocenters. The van der Waals surface area contributed by atoms with E-state index in [1.165, 1.54) is 0 Å². The van der Waals surface area contributed by atoms with Crippen LogP contribution in [0.3, 0.4) is 0 Å². The molecule has 0 fully saturated rings. The highest BCUT2D eigenvalue weighted by Gasteiger charge is 2.14. The molecule has 0 amide bonds. The lowest BCUT2D eigenvalue weighted by atomic mass is 10.1. The number of phenolic OH excluding ortho intramolecular Hbond substituents is 1. The summed E-state index contributed by atoms with van der Waals surface area (Å²) in [5.41, 5.74) is 1.96. The van der Waals surface area contributed by atoms with Crippen LogP contribution in [0.5, 0.6) is 11.5 Å². The number of hydrogen-bond donors (Lipinski definition) is 2. The minimum atomic E-state index is 0. The zero-order chi connectivity index (χ0) is 12.1. The summed E-state index contributed by atoms with van der Waals surface area (Å²) in [6.07, 6.45) is 0. The molecular weight excluding hydrogens is 275 g/mol. The summed E-state index contributed by atoms with van der Waals surface area (Å²) in [4.78, 5) is 2.04. The van der Waals surface area contributed by atoms with Crippen molar-refractivity contribution in [2.75, 3.05) is 33.1 Å². The van der Waals surface area contributed by atoms with E-state index in [1.807, 2.05) is 39.0 Å². The van der Waals surface area contributed by atoms with Crippen LogP contribution in [-0.2, 0) is 6.54 Å². The van der Waals surface area contributed by atoms with Gasteiger partial charge in [0.15, 0.2) is 11.5 Å². The topological polar surface area (TPSA) is 44.7 Å². The molecule has 18 heavy (non-hydrogen) atoms. The molecule has 2 N–H and O–H groups in total. The number of halogens is 2. The number of nitrogens with one attached hydrogen (secondary N) is 1. The molecule has 0 spiro atoms. The van der Waals surface area contributed by atoms with E-state index in [9.17, 15) is 5.11 Å². The Kier molecular flexibility index (Phi) is 9.90. The Bertz CT molecular complexity index is 360.